The predicted octanol–water partition coefficient (Wildman–Crippen LogP) is 2.02. The number of carboxylic acid groups (broad SMARTS) is 1. The second kappa shape index (κ2) is 4.16. The molecule has 82 valence electrons. The number of carboxylic acids is 1. The van der Waals surface area contributed by atoms with Crippen LogP contribution in [-0.4, -0.2) is 22.3 Å². The number of hydrogen-bond donors (Lipinski definition) is 2. The van der Waals surface area contributed by atoms with Gasteiger partial charge in [-0.3, -0.25) is 0 Å². The maximum Gasteiger partial charge on any atom is 0.339 e. The zero-order chi connectivity index (χ0) is 11.6. The van der Waals surface area contributed by atoms with Crippen molar-refractivity contribution in [3.63, 3.8) is 0 Å². The molecule has 0 saturated carbocycles. The van der Waals surface area contributed by atoms with Crippen molar-refractivity contribution >= 4 is 5.97 Å². The molecule has 0 bridgehead atoms. The monoisotopic (exact) mass is 214 g/mol. The normalized spacial score (nSPS) is 10.4. The van der Waals surface area contributed by atoms with Crippen molar-refractivity contribution in [2.24, 2.45) is 0 Å². The van der Waals surface area contributed by atoms with Crippen LogP contribution in [-0.2, 0) is 0 Å². The highest BCUT2D eigenvalue weighted by molar-refractivity contribution is 5.92. The zero-order valence-electron chi connectivity index (χ0n) is 8.32. The van der Waals surface area contributed by atoms with Gasteiger partial charge in [0.05, 0.1) is 6.10 Å². The number of aromatic hydroxyl groups is 1. The fraction of sp³-hybridized carbons (Fsp3) is 0.300. The second-order valence-electron chi connectivity index (χ2n) is 3.27. The summed E-state index contributed by atoms with van der Waals surface area (Å²) in [5.74, 6) is -2.89. The van der Waals surface area contributed by atoms with Crippen LogP contribution < -0.4 is 4.74 Å². The van der Waals surface area contributed by atoms with Gasteiger partial charge in [0.15, 0.2) is 11.5 Å². The number of aromatic carboxylic acids is 1. The second-order valence-corrected chi connectivity index (χ2v) is 3.27. The number of phenolic OH excluding ortho intramolecular Hbond substituents is 1. The summed E-state index contributed by atoms with van der Waals surface area (Å²) in [6, 6.07) is 1.61. The molecule has 0 amide bonds. The Morgan fingerprint density at radius 3 is 2.53 bits per heavy atom. The number of halogens is 1. The van der Waals surface area contributed by atoms with Crippen LogP contribution in [0.1, 0.15) is 24.2 Å². The Labute approximate surface area is 85.9 Å². The number of ether oxygens (including phenoxy) is 1. The molecule has 1 rings (SSSR count). The number of benzene rings is 1. The van der Waals surface area contributed by atoms with Gasteiger partial charge in [0.1, 0.15) is 11.4 Å². The smallest absolute Gasteiger partial charge is 0.339 e. The minimum absolute atomic E-state index is 0.209. The first-order valence-electron chi connectivity index (χ1n) is 4.34. The van der Waals surface area contributed by atoms with E-state index in [2.05, 4.69) is 0 Å². The van der Waals surface area contributed by atoms with Crippen molar-refractivity contribution in [1.29, 1.82) is 0 Å². The van der Waals surface area contributed by atoms with Gasteiger partial charge in [-0.1, -0.05) is 0 Å². The lowest BCUT2D eigenvalue weighted by atomic mass is 10.2. The van der Waals surface area contributed by atoms with Crippen molar-refractivity contribution in [3.8, 4) is 11.5 Å². The SMILES string of the molecule is CC(C)Oc1c(O)cc(F)cc1C(=O)O. The van der Waals surface area contributed by atoms with E-state index in [9.17, 15) is 14.3 Å². The van der Waals surface area contributed by atoms with Crippen LogP contribution in [0.5, 0.6) is 11.5 Å². The van der Waals surface area contributed by atoms with Crippen LogP contribution in [0, 0.1) is 5.82 Å². The molecule has 1 aromatic carbocycles. The molecule has 2 N–H and O–H groups in total. The fourth-order valence-corrected chi connectivity index (χ4v) is 1.10. The molecular formula is C10H11FO4. The minimum Gasteiger partial charge on any atom is -0.504 e. The Morgan fingerprint density at radius 1 is 1.47 bits per heavy atom. The molecule has 0 saturated heterocycles. The summed E-state index contributed by atoms with van der Waals surface area (Å²) in [7, 11) is 0. The third kappa shape index (κ3) is 2.59. The molecule has 0 heterocycles. The van der Waals surface area contributed by atoms with Crippen LogP contribution in [0.4, 0.5) is 4.39 Å². The van der Waals surface area contributed by atoms with E-state index >= 15 is 0 Å². The van der Waals surface area contributed by atoms with Gasteiger partial charge in [-0.25, -0.2) is 9.18 Å². The van der Waals surface area contributed by atoms with E-state index in [1.54, 1.807) is 13.8 Å². The van der Waals surface area contributed by atoms with Gasteiger partial charge in [0.2, 0.25) is 0 Å². The van der Waals surface area contributed by atoms with Crippen LogP contribution in [0.2, 0.25) is 0 Å². The molecule has 0 aliphatic rings. The quantitative estimate of drug-likeness (QED) is 0.807. The first-order chi connectivity index (χ1) is 6.91. The summed E-state index contributed by atoms with van der Waals surface area (Å²) in [5, 5.41) is 18.1. The Morgan fingerprint density at radius 2 is 2.07 bits per heavy atom. The highest BCUT2D eigenvalue weighted by atomic mass is 19.1. The molecule has 0 fully saturated rings. The first kappa shape index (κ1) is 11.3. The molecule has 0 aliphatic carbocycles. The lowest BCUT2D eigenvalue weighted by molar-refractivity contribution is 0.0688. The zero-order valence-corrected chi connectivity index (χ0v) is 8.32. The molecule has 0 atom stereocenters. The van der Waals surface area contributed by atoms with E-state index < -0.39 is 17.5 Å². The molecule has 0 spiro atoms. The van der Waals surface area contributed by atoms with Gasteiger partial charge in [-0.05, 0) is 19.9 Å². The van der Waals surface area contributed by atoms with Crippen LogP contribution >= 0.6 is 0 Å². The average Bonchev–Trinajstić information content (AvgIpc) is 2.08. The maximum absolute atomic E-state index is 12.8. The molecule has 0 aromatic heterocycles. The van der Waals surface area contributed by atoms with Gasteiger partial charge >= 0.3 is 5.97 Å². The lowest BCUT2D eigenvalue weighted by Gasteiger charge is -2.13. The number of phenols is 1. The highest BCUT2D eigenvalue weighted by Crippen LogP contribution is 2.32. The van der Waals surface area contributed by atoms with Crippen molar-refractivity contribution < 1.29 is 24.1 Å². The van der Waals surface area contributed by atoms with Gasteiger partial charge in [0, 0.05) is 6.07 Å². The van der Waals surface area contributed by atoms with Gasteiger partial charge in [0.25, 0.3) is 0 Å². The molecule has 0 aliphatic heterocycles. The largest absolute Gasteiger partial charge is 0.504 e. The topological polar surface area (TPSA) is 66.8 Å². The summed E-state index contributed by atoms with van der Waals surface area (Å²) in [6.07, 6.45) is -0.306. The molecule has 0 unspecified atom stereocenters. The van der Waals surface area contributed by atoms with Gasteiger partial charge in [-0.2, -0.15) is 0 Å². The fourth-order valence-electron chi connectivity index (χ4n) is 1.10. The van der Waals surface area contributed by atoms with E-state index in [-0.39, 0.29) is 17.4 Å². The molecule has 4 nitrogen and oxygen atoms in total. The number of hydrogen-bond acceptors (Lipinski definition) is 3. The molecule has 5 heteroatoms. The maximum atomic E-state index is 12.8. The van der Waals surface area contributed by atoms with Crippen molar-refractivity contribution in [3.05, 3.63) is 23.5 Å². The summed E-state index contributed by atoms with van der Waals surface area (Å²) in [6.45, 7) is 3.35. The molecule has 15 heavy (non-hydrogen) atoms. The van der Waals surface area contributed by atoms with E-state index in [1.807, 2.05) is 0 Å². The molecule has 0 radical (unpaired) electrons. The van der Waals surface area contributed by atoms with Gasteiger partial charge in [-0.15, -0.1) is 0 Å². The van der Waals surface area contributed by atoms with Crippen molar-refractivity contribution in [2.75, 3.05) is 0 Å². The first-order valence-corrected chi connectivity index (χ1v) is 4.34. The lowest BCUT2D eigenvalue weighted by Crippen LogP contribution is -2.10. The van der Waals surface area contributed by atoms with E-state index in [1.165, 1.54) is 0 Å². The Kier molecular flexibility index (Phi) is 3.14. The van der Waals surface area contributed by atoms with Crippen LogP contribution in [0.25, 0.3) is 0 Å². The van der Waals surface area contributed by atoms with E-state index in [0.717, 1.165) is 12.1 Å². The summed E-state index contributed by atoms with van der Waals surface area (Å²) >= 11 is 0. The standard InChI is InChI=1S/C10H11FO4/c1-5(2)15-9-7(10(13)14)3-6(11)4-8(9)12/h3-5,12H,1-2H3,(H,13,14). The molecular weight excluding hydrogens is 203 g/mol. The van der Waals surface area contributed by atoms with Crippen molar-refractivity contribution in [2.45, 2.75) is 20.0 Å². The molecule has 1 aromatic rings. The summed E-state index contributed by atoms with van der Waals surface area (Å²) in [5.41, 5.74) is -0.388. The van der Waals surface area contributed by atoms with E-state index in [0.29, 0.717) is 0 Å². The Bertz CT molecular complexity index is 387. The van der Waals surface area contributed by atoms with Gasteiger partial charge < -0.3 is 14.9 Å². The number of carbonyl (C=O) groups is 1. The predicted molar refractivity (Wildman–Crippen MR) is 50.8 cm³/mol. The summed E-state index contributed by atoms with van der Waals surface area (Å²) in [4.78, 5) is 10.7. The van der Waals surface area contributed by atoms with Crippen LogP contribution in [0.15, 0.2) is 12.1 Å². The third-order valence-electron chi connectivity index (χ3n) is 1.62. The Hall–Kier alpha value is -1.78. The minimum atomic E-state index is -1.35. The highest BCUT2D eigenvalue weighted by Gasteiger charge is 2.18. The average molecular weight is 214 g/mol. The van der Waals surface area contributed by atoms with Crippen molar-refractivity contribution in [1.82, 2.24) is 0 Å². The Balaban J connectivity index is 3.27. The van der Waals surface area contributed by atoms with E-state index in [4.69, 9.17) is 9.84 Å². The third-order valence-corrected chi connectivity index (χ3v) is 1.62. The van der Waals surface area contributed by atoms with Crippen LogP contribution in [0.3, 0.4) is 0 Å². The summed E-state index contributed by atoms with van der Waals surface area (Å²) < 4.78 is 17.9. The number of rotatable bonds is 3.